The van der Waals surface area contributed by atoms with E-state index in [1.54, 1.807) is 35.6 Å². The van der Waals surface area contributed by atoms with Crippen molar-refractivity contribution in [2.45, 2.75) is 26.8 Å². The maximum Gasteiger partial charge on any atom is 0.266 e. The minimum Gasteiger partial charge on any atom is -0.482 e. The van der Waals surface area contributed by atoms with Crippen LogP contribution in [-0.2, 0) is 11.3 Å². The van der Waals surface area contributed by atoms with E-state index in [4.69, 9.17) is 32.9 Å². The third kappa shape index (κ3) is 5.06. The number of thiazole rings is 1. The van der Waals surface area contributed by atoms with Gasteiger partial charge >= 0.3 is 0 Å². The van der Waals surface area contributed by atoms with Crippen LogP contribution in [-0.4, -0.2) is 33.6 Å². The maximum atomic E-state index is 13.2. The number of carbonyl (C=O) groups excluding carboxylic acids is 1. The van der Waals surface area contributed by atoms with Gasteiger partial charge in [0.15, 0.2) is 11.7 Å². The Bertz CT molecular complexity index is 1200. The summed E-state index contributed by atoms with van der Waals surface area (Å²) in [5, 5.41) is 1.54. The van der Waals surface area contributed by atoms with E-state index >= 15 is 0 Å². The van der Waals surface area contributed by atoms with Crippen LogP contribution in [0.3, 0.4) is 0 Å². The van der Waals surface area contributed by atoms with Gasteiger partial charge in [-0.25, -0.2) is 9.97 Å². The molecular formula is C23H22Cl2N4O2S. The van der Waals surface area contributed by atoms with Gasteiger partial charge < -0.3 is 9.30 Å². The number of nitrogens with zero attached hydrogens (tertiary/aromatic N) is 4. The van der Waals surface area contributed by atoms with Crippen LogP contribution in [0, 0.1) is 13.8 Å². The van der Waals surface area contributed by atoms with E-state index in [1.807, 2.05) is 17.7 Å². The molecule has 0 atom stereocenters. The number of hydrogen-bond acceptors (Lipinski definition) is 5. The Morgan fingerprint density at radius 3 is 2.72 bits per heavy atom. The van der Waals surface area contributed by atoms with E-state index in [0.717, 1.165) is 34.3 Å². The first-order valence-corrected chi connectivity index (χ1v) is 11.7. The Labute approximate surface area is 200 Å². The molecule has 166 valence electrons. The Morgan fingerprint density at radius 2 is 2.00 bits per heavy atom. The minimum atomic E-state index is -0.184. The number of aryl methyl sites for hydroxylation is 3. The van der Waals surface area contributed by atoms with E-state index in [1.165, 1.54) is 11.3 Å². The average molecular weight is 489 g/mol. The minimum absolute atomic E-state index is 0.152. The number of fused-ring (bicyclic) bond motifs is 1. The Balaban J connectivity index is 1.55. The maximum absolute atomic E-state index is 13.2. The van der Waals surface area contributed by atoms with Gasteiger partial charge in [-0.15, -0.1) is 0 Å². The molecule has 0 fully saturated rings. The van der Waals surface area contributed by atoms with Gasteiger partial charge in [0.2, 0.25) is 0 Å². The molecule has 0 saturated heterocycles. The predicted octanol–water partition coefficient (Wildman–Crippen LogP) is 5.92. The molecule has 4 rings (SSSR count). The molecule has 0 aliphatic carbocycles. The molecule has 2 aromatic carbocycles. The van der Waals surface area contributed by atoms with Crippen molar-refractivity contribution in [1.29, 1.82) is 0 Å². The van der Waals surface area contributed by atoms with Gasteiger partial charge in [0.05, 0.1) is 21.6 Å². The Morgan fingerprint density at radius 1 is 1.19 bits per heavy atom. The number of anilines is 1. The van der Waals surface area contributed by atoms with Crippen molar-refractivity contribution in [3.8, 4) is 5.75 Å². The number of benzene rings is 2. The summed E-state index contributed by atoms with van der Waals surface area (Å²) in [6.45, 7) is 5.19. The molecule has 0 saturated carbocycles. The van der Waals surface area contributed by atoms with Gasteiger partial charge in [-0.05, 0) is 49.6 Å². The lowest BCUT2D eigenvalue weighted by atomic mass is 10.1. The van der Waals surface area contributed by atoms with Crippen LogP contribution in [0.2, 0.25) is 10.0 Å². The van der Waals surface area contributed by atoms with E-state index in [0.29, 0.717) is 27.5 Å². The second kappa shape index (κ2) is 9.90. The van der Waals surface area contributed by atoms with Crippen molar-refractivity contribution in [1.82, 2.24) is 14.5 Å². The number of imidazole rings is 1. The highest BCUT2D eigenvalue weighted by molar-refractivity contribution is 7.22. The SMILES string of the molecule is Cc1ccc(C)c2sc(N(CCCn3ccnc3)C(=O)COc3ccc(Cl)cc3Cl)nc12. The van der Waals surface area contributed by atoms with Gasteiger partial charge in [-0.2, -0.15) is 0 Å². The highest BCUT2D eigenvalue weighted by atomic mass is 35.5. The summed E-state index contributed by atoms with van der Waals surface area (Å²) in [7, 11) is 0. The van der Waals surface area contributed by atoms with Crippen LogP contribution >= 0.6 is 34.5 Å². The van der Waals surface area contributed by atoms with Crippen molar-refractivity contribution < 1.29 is 9.53 Å². The van der Waals surface area contributed by atoms with Crippen LogP contribution in [0.25, 0.3) is 10.2 Å². The summed E-state index contributed by atoms with van der Waals surface area (Å²) < 4.78 is 8.79. The number of amides is 1. The lowest BCUT2D eigenvalue weighted by Gasteiger charge is -2.20. The molecule has 0 N–H and O–H groups in total. The molecule has 6 nitrogen and oxygen atoms in total. The van der Waals surface area contributed by atoms with Gasteiger partial charge in [-0.3, -0.25) is 9.69 Å². The van der Waals surface area contributed by atoms with Gasteiger partial charge in [0.25, 0.3) is 5.91 Å². The van der Waals surface area contributed by atoms with Gasteiger partial charge in [0, 0.05) is 30.5 Å². The number of halogens is 2. The first kappa shape index (κ1) is 22.6. The van der Waals surface area contributed by atoms with E-state index in [9.17, 15) is 4.79 Å². The first-order valence-electron chi connectivity index (χ1n) is 10.1. The zero-order valence-electron chi connectivity index (χ0n) is 17.7. The summed E-state index contributed by atoms with van der Waals surface area (Å²) in [5.41, 5.74) is 3.16. The fraction of sp³-hybridized carbons (Fsp3) is 0.261. The number of hydrogen-bond donors (Lipinski definition) is 0. The van der Waals surface area contributed by atoms with Crippen LogP contribution in [0.1, 0.15) is 17.5 Å². The molecule has 1 amide bonds. The highest BCUT2D eigenvalue weighted by Gasteiger charge is 2.21. The molecule has 0 aliphatic heterocycles. The largest absolute Gasteiger partial charge is 0.482 e. The molecule has 2 aromatic heterocycles. The molecule has 4 aromatic rings. The predicted molar refractivity (Wildman–Crippen MR) is 130 cm³/mol. The second-order valence-electron chi connectivity index (χ2n) is 7.44. The third-order valence-electron chi connectivity index (χ3n) is 5.07. The Kier molecular flexibility index (Phi) is 6.98. The van der Waals surface area contributed by atoms with E-state index in [-0.39, 0.29) is 12.5 Å². The molecule has 0 aliphatic rings. The lowest BCUT2D eigenvalue weighted by Crippen LogP contribution is -2.36. The molecule has 0 unspecified atom stereocenters. The molecule has 32 heavy (non-hydrogen) atoms. The fourth-order valence-corrected chi connectivity index (χ4v) is 4.95. The number of aromatic nitrogens is 3. The molecule has 9 heteroatoms. The zero-order chi connectivity index (χ0) is 22.7. The molecular weight excluding hydrogens is 467 g/mol. The summed E-state index contributed by atoms with van der Waals surface area (Å²) in [6, 6.07) is 9.06. The van der Waals surface area contributed by atoms with Crippen molar-refractivity contribution in [2.75, 3.05) is 18.1 Å². The van der Waals surface area contributed by atoms with Crippen molar-refractivity contribution >= 4 is 55.8 Å². The van der Waals surface area contributed by atoms with Gasteiger partial charge in [-0.1, -0.05) is 46.7 Å². The van der Waals surface area contributed by atoms with Crippen molar-refractivity contribution in [3.05, 3.63) is 70.2 Å². The molecule has 2 heterocycles. The van der Waals surface area contributed by atoms with Gasteiger partial charge in [0.1, 0.15) is 5.75 Å². The molecule has 0 bridgehead atoms. The average Bonchev–Trinajstić information content (AvgIpc) is 3.44. The van der Waals surface area contributed by atoms with Crippen LogP contribution in [0.15, 0.2) is 49.1 Å². The van der Waals surface area contributed by atoms with Crippen LogP contribution in [0.5, 0.6) is 5.75 Å². The third-order valence-corrected chi connectivity index (χ3v) is 6.81. The topological polar surface area (TPSA) is 60.2 Å². The fourth-order valence-electron chi connectivity index (χ4n) is 3.33. The molecule has 0 radical (unpaired) electrons. The van der Waals surface area contributed by atoms with Crippen LogP contribution in [0.4, 0.5) is 5.13 Å². The first-order chi connectivity index (χ1) is 15.4. The van der Waals surface area contributed by atoms with E-state index < -0.39 is 0 Å². The number of carbonyl (C=O) groups is 1. The quantitative estimate of drug-likeness (QED) is 0.308. The summed E-state index contributed by atoms with van der Waals surface area (Å²) >= 11 is 13.7. The highest BCUT2D eigenvalue weighted by Crippen LogP contribution is 2.33. The van der Waals surface area contributed by atoms with Crippen molar-refractivity contribution in [3.63, 3.8) is 0 Å². The molecule has 0 spiro atoms. The smallest absolute Gasteiger partial charge is 0.266 e. The number of rotatable bonds is 8. The monoisotopic (exact) mass is 488 g/mol. The number of ether oxygens (including phenoxy) is 1. The van der Waals surface area contributed by atoms with Crippen molar-refractivity contribution in [2.24, 2.45) is 0 Å². The zero-order valence-corrected chi connectivity index (χ0v) is 20.0. The summed E-state index contributed by atoms with van der Waals surface area (Å²) in [4.78, 5) is 23.8. The van der Waals surface area contributed by atoms with E-state index in [2.05, 4.69) is 24.0 Å². The normalized spacial score (nSPS) is 11.1. The standard InChI is InChI=1S/C23H22Cl2N4O2S/c1-15-4-5-16(2)22-21(15)27-23(32-22)29(10-3-9-28-11-8-26-14-28)20(30)13-31-19-7-6-17(24)12-18(19)25/h4-8,11-12,14H,3,9-10,13H2,1-2H3. The second-order valence-corrected chi connectivity index (χ2v) is 9.26. The summed E-state index contributed by atoms with van der Waals surface area (Å²) in [6.07, 6.45) is 6.16. The lowest BCUT2D eigenvalue weighted by molar-refractivity contribution is -0.120. The summed E-state index contributed by atoms with van der Waals surface area (Å²) in [5.74, 6) is 0.231. The Hall–Kier alpha value is -2.61. The van der Waals surface area contributed by atoms with Crippen LogP contribution < -0.4 is 9.64 Å².